The van der Waals surface area contributed by atoms with Crippen LogP contribution in [0.2, 0.25) is 0 Å². The van der Waals surface area contributed by atoms with Crippen molar-refractivity contribution in [1.82, 2.24) is 0 Å². The van der Waals surface area contributed by atoms with Crippen molar-refractivity contribution in [2.45, 2.75) is 18.6 Å². The maximum absolute atomic E-state index is 13.8. The van der Waals surface area contributed by atoms with Gasteiger partial charge in [0.2, 0.25) is 5.82 Å². The highest BCUT2D eigenvalue weighted by Gasteiger charge is 2.43. The Hall–Kier alpha value is -1.41. The lowest BCUT2D eigenvalue weighted by Crippen LogP contribution is -2.49. The minimum absolute atomic E-state index is 0.0780. The van der Waals surface area contributed by atoms with Crippen molar-refractivity contribution in [1.29, 1.82) is 0 Å². The van der Waals surface area contributed by atoms with Crippen LogP contribution in [0.4, 0.5) is 27.6 Å². The highest BCUT2D eigenvalue weighted by molar-refractivity contribution is 5.51. The first-order chi connectivity index (χ1) is 9.95. The topological polar surface area (TPSA) is 21.7 Å². The molecule has 21 heavy (non-hydrogen) atoms. The van der Waals surface area contributed by atoms with Gasteiger partial charge in [-0.25, -0.2) is 22.0 Å². The summed E-state index contributed by atoms with van der Waals surface area (Å²) in [5.41, 5.74) is -0.926. The smallest absolute Gasteiger partial charge is 0.200 e. The first kappa shape index (κ1) is 14.5. The Kier molecular flexibility index (Phi) is 3.53. The Balaban J connectivity index is 2.00. The van der Waals surface area contributed by atoms with Crippen molar-refractivity contribution in [3.8, 4) is 0 Å². The van der Waals surface area contributed by atoms with Gasteiger partial charge in [-0.1, -0.05) is 0 Å². The average Bonchev–Trinajstić information content (AvgIpc) is 2.91. The lowest BCUT2D eigenvalue weighted by atomic mass is 10.0. The zero-order chi connectivity index (χ0) is 15.2. The van der Waals surface area contributed by atoms with Gasteiger partial charge in [0.05, 0.1) is 19.8 Å². The summed E-state index contributed by atoms with van der Waals surface area (Å²) in [6.07, 6.45) is 0.971. The van der Waals surface area contributed by atoms with Gasteiger partial charge in [0.1, 0.15) is 5.69 Å². The number of nitrogens with zero attached hydrogens (tertiary/aromatic N) is 1. The summed E-state index contributed by atoms with van der Waals surface area (Å²) < 4.78 is 78.1. The third-order valence-electron chi connectivity index (χ3n) is 3.73. The Morgan fingerprint density at radius 2 is 1.33 bits per heavy atom. The number of ether oxygens (including phenoxy) is 2. The standard InChI is InChI=1S/C13H12F5NO2/c14-7-8(15)10(17)12(11(18)9(7)16)19-3-1-2-13(6-19)20-4-5-21-13/h1-6H2. The van der Waals surface area contributed by atoms with E-state index in [1.165, 1.54) is 0 Å². The molecular weight excluding hydrogens is 297 g/mol. The number of anilines is 1. The second kappa shape index (κ2) is 5.10. The maximum Gasteiger partial charge on any atom is 0.200 e. The molecule has 2 aliphatic heterocycles. The Morgan fingerprint density at radius 3 is 1.90 bits per heavy atom. The van der Waals surface area contributed by atoms with E-state index in [1.807, 2.05) is 0 Å². The van der Waals surface area contributed by atoms with E-state index in [2.05, 4.69) is 0 Å². The number of piperidine rings is 1. The predicted molar refractivity (Wildman–Crippen MR) is 62.3 cm³/mol. The van der Waals surface area contributed by atoms with Crippen molar-refractivity contribution in [3.05, 3.63) is 29.1 Å². The van der Waals surface area contributed by atoms with Crippen LogP contribution in [-0.2, 0) is 9.47 Å². The molecule has 0 unspecified atom stereocenters. The van der Waals surface area contributed by atoms with Gasteiger partial charge in [0.25, 0.3) is 0 Å². The van der Waals surface area contributed by atoms with Crippen LogP contribution in [0.1, 0.15) is 12.8 Å². The van der Waals surface area contributed by atoms with E-state index in [0.717, 1.165) is 4.90 Å². The van der Waals surface area contributed by atoms with Gasteiger partial charge in [-0.3, -0.25) is 0 Å². The molecule has 0 radical (unpaired) electrons. The van der Waals surface area contributed by atoms with Gasteiger partial charge >= 0.3 is 0 Å². The lowest BCUT2D eigenvalue weighted by molar-refractivity contribution is -0.161. The highest BCUT2D eigenvalue weighted by Crippen LogP contribution is 2.36. The highest BCUT2D eigenvalue weighted by atomic mass is 19.2. The second-order valence-corrected chi connectivity index (χ2v) is 5.05. The quantitative estimate of drug-likeness (QED) is 0.452. The third-order valence-corrected chi connectivity index (χ3v) is 3.73. The summed E-state index contributed by atoms with van der Waals surface area (Å²) in [5.74, 6) is -10.7. The van der Waals surface area contributed by atoms with E-state index in [-0.39, 0.29) is 13.1 Å². The van der Waals surface area contributed by atoms with E-state index in [4.69, 9.17) is 9.47 Å². The Bertz CT molecular complexity index is 545. The Labute approximate surface area is 117 Å². The fourth-order valence-electron chi connectivity index (χ4n) is 2.78. The zero-order valence-electron chi connectivity index (χ0n) is 10.9. The Morgan fingerprint density at radius 1 is 0.810 bits per heavy atom. The van der Waals surface area contributed by atoms with Gasteiger partial charge in [0.15, 0.2) is 29.1 Å². The first-order valence-electron chi connectivity index (χ1n) is 6.49. The molecule has 1 aromatic carbocycles. The first-order valence-corrected chi connectivity index (χ1v) is 6.49. The summed E-state index contributed by atoms with van der Waals surface area (Å²) in [7, 11) is 0. The molecule has 3 rings (SSSR count). The monoisotopic (exact) mass is 309 g/mol. The molecule has 0 aromatic heterocycles. The predicted octanol–water partition coefficient (Wildman–Crippen LogP) is 2.73. The summed E-state index contributed by atoms with van der Waals surface area (Å²) in [6, 6.07) is 0. The van der Waals surface area contributed by atoms with Crippen molar-refractivity contribution in [2.75, 3.05) is 31.2 Å². The minimum Gasteiger partial charge on any atom is -0.361 e. The second-order valence-electron chi connectivity index (χ2n) is 5.05. The molecule has 2 saturated heterocycles. The molecule has 0 atom stereocenters. The van der Waals surface area contributed by atoms with Gasteiger partial charge in [-0.05, 0) is 6.42 Å². The molecule has 2 aliphatic rings. The van der Waals surface area contributed by atoms with Crippen LogP contribution in [0.15, 0.2) is 0 Å². The molecule has 2 heterocycles. The van der Waals surface area contributed by atoms with Crippen molar-refractivity contribution >= 4 is 5.69 Å². The number of rotatable bonds is 1. The zero-order valence-corrected chi connectivity index (χ0v) is 10.9. The van der Waals surface area contributed by atoms with Crippen LogP contribution >= 0.6 is 0 Å². The lowest BCUT2D eigenvalue weighted by Gasteiger charge is -2.39. The summed E-state index contributed by atoms with van der Waals surface area (Å²) >= 11 is 0. The van der Waals surface area contributed by atoms with Crippen molar-refractivity contribution in [3.63, 3.8) is 0 Å². The number of hydrogen-bond acceptors (Lipinski definition) is 3. The van der Waals surface area contributed by atoms with E-state index >= 15 is 0 Å². The molecule has 0 N–H and O–H groups in total. The molecule has 8 heteroatoms. The van der Waals surface area contributed by atoms with E-state index in [9.17, 15) is 22.0 Å². The summed E-state index contributed by atoms with van der Waals surface area (Å²) in [6.45, 7) is 0.758. The minimum atomic E-state index is -2.16. The number of halogens is 5. The number of hydrogen-bond donors (Lipinski definition) is 0. The van der Waals surface area contributed by atoms with Crippen molar-refractivity contribution in [2.24, 2.45) is 0 Å². The van der Waals surface area contributed by atoms with Crippen LogP contribution in [0, 0.1) is 29.1 Å². The third kappa shape index (κ3) is 2.26. The van der Waals surface area contributed by atoms with E-state index in [1.54, 1.807) is 0 Å². The number of benzene rings is 1. The molecule has 3 nitrogen and oxygen atoms in total. The van der Waals surface area contributed by atoms with Gasteiger partial charge in [-0.15, -0.1) is 0 Å². The molecule has 2 fully saturated rings. The van der Waals surface area contributed by atoms with Gasteiger partial charge in [0, 0.05) is 13.0 Å². The van der Waals surface area contributed by atoms with Gasteiger partial charge in [-0.2, -0.15) is 0 Å². The molecule has 0 bridgehead atoms. The summed E-state index contributed by atoms with van der Waals surface area (Å²) in [5, 5.41) is 0. The van der Waals surface area contributed by atoms with Crippen LogP contribution in [0.5, 0.6) is 0 Å². The average molecular weight is 309 g/mol. The molecule has 0 saturated carbocycles. The summed E-state index contributed by atoms with van der Waals surface area (Å²) in [4.78, 5) is 1.09. The fourth-order valence-corrected chi connectivity index (χ4v) is 2.78. The molecular formula is C13H12F5NO2. The largest absolute Gasteiger partial charge is 0.361 e. The molecule has 0 amide bonds. The van der Waals surface area contributed by atoms with Crippen LogP contribution < -0.4 is 4.90 Å². The molecule has 0 aliphatic carbocycles. The molecule has 1 aromatic rings. The van der Waals surface area contributed by atoms with E-state index in [0.29, 0.717) is 26.1 Å². The normalized spacial score (nSPS) is 21.3. The van der Waals surface area contributed by atoms with Crippen molar-refractivity contribution < 1.29 is 31.4 Å². The fraction of sp³-hybridized carbons (Fsp3) is 0.538. The van der Waals surface area contributed by atoms with Crippen LogP contribution in [-0.4, -0.2) is 32.1 Å². The molecule has 116 valence electrons. The van der Waals surface area contributed by atoms with E-state index < -0.39 is 40.6 Å². The van der Waals surface area contributed by atoms with Crippen LogP contribution in [0.3, 0.4) is 0 Å². The SMILES string of the molecule is Fc1c(F)c(F)c(N2CCCC3(C2)OCCO3)c(F)c1F. The molecule has 1 spiro atoms. The van der Waals surface area contributed by atoms with Crippen LogP contribution in [0.25, 0.3) is 0 Å². The van der Waals surface area contributed by atoms with Gasteiger partial charge < -0.3 is 14.4 Å². The maximum atomic E-state index is 13.8.